The van der Waals surface area contributed by atoms with Crippen LogP contribution >= 0.6 is 11.3 Å². The summed E-state index contributed by atoms with van der Waals surface area (Å²) in [6.07, 6.45) is 0.964. The molecule has 0 atom stereocenters. The SMILES string of the molecule is CCc1ccsc1CNc1ccc([N+](=O)[O-])cc1C#N. The van der Waals surface area contributed by atoms with Crippen molar-refractivity contribution in [1.82, 2.24) is 0 Å². The number of nitrogens with zero attached hydrogens (tertiary/aromatic N) is 2. The second-order valence-corrected chi connectivity index (χ2v) is 5.18. The number of thiophene rings is 1. The van der Waals surface area contributed by atoms with Crippen LogP contribution in [0.2, 0.25) is 0 Å². The molecule has 0 bridgehead atoms. The van der Waals surface area contributed by atoms with Gasteiger partial charge in [0.05, 0.1) is 16.2 Å². The molecule has 20 heavy (non-hydrogen) atoms. The van der Waals surface area contributed by atoms with E-state index in [9.17, 15) is 10.1 Å². The summed E-state index contributed by atoms with van der Waals surface area (Å²) in [5.74, 6) is 0. The van der Waals surface area contributed by atoms with Crippen LogP contribution in [0.25, 0.3) is 0 Å². The van der Waals surface area contributed by atoms with E-state index in [1.165, 1.54) is 22.6 Å². The first-order chi connectivity index (χ1) is 9.65. The monoisotopic (exact) mass is 287 g/mol. The van der Waals surface area contributed by atoms with Gasteiger partial charge in [0.2, 0.25) is 0 Å². The molecule has 0 fully saturated rings. The van der Waals surface area contributed by atoms with Gasteiger partial charge in [-0.25, -0.2) is 0 Å². The summed E-state index contributed by atoms with van der Waals surface area (Å²) in [6.45, 7) is 2.71. The van der Waals surface area contributed by atoms with Crippen molar-refractivity contribution < 1.29 is 4.92 Å². The van der Waals surface area contributed by atoms with Crippen LogP contribution in [0.1, 0.15) is 22.9 Å². The van der Waals surface area contributed by atoms with Gasteiger partial charge in [-0.3, -0.25) is 10.1 Å². The van der Waals surface area contributed by atoms with Crippen molar-refractivity contribution in [3.63, 3.8) is 0 Å². The maximum absolute atomic E-state index is 10.7. The molecule has 5 nitrogen and oxygen atoms in total. The van der Waals surface area contributed by atoms with Gasteiger partial charge in [0, 0.05) is 23.6 Å². The molecule has 0 unspecified atom stereocenters. The number of nitriles is 1. The Bertz CT molecular complexity index is 673. The second-order valence-electron chi connectivity index (χ2n) is 4.17. The van der Waals surface area contributed by atoms with Gasteiger partial charge in [0.15, 0.2) is 0 Å². The number of nitro groups is 1. The number of hydrogen-bond donors (Lipinski definition) is 1. The van der Waals surface area contributed by atoms with Crippen LogP contribution in [-0.2, 0) is 13.0 Å². The van der Waals surface area contributed by atoms with Gasteiger partial charge in [-0.2, -0.15) is 5.26 Å². The van der Waals surface area contributed by atoms with E-state index >= 15 is 0 Å². The summed E-state index contributed by atoms with van der Waals surface area (Å²) in [5.41, 5.74) is 2.11. The molecular formula is C14H13N3O2S. The topological polar surface area (TPSA) is 79.0 Å². The average Bonchev–Trinajstić information content (AvgIpc) is 2.92. The molecule has 1 heterocycles. The van der Waals surface area contributed by atoms with Crippen molar-refractivity contribution in [3.05, 3.63) is 55.8 Å². The fourth-order valence-corrected chi connectivity index (χ4v) is 2.82. The van der Waals surface area contributed by atoms with Crippen LogP contribution in [0.15, 0.2) is 29.6 Å². The summed E-state index contributed by atoms with van der Waals surface area (Å²) < 4.78 is 0. The van der Waals surface area contributed by atoms with Crippen LogP contribution in [-0.4, -0.2) is 4.92 Å². The normalized spacial score (nSPS) is 10.0. The van der Waals surface area contributed by atoms with Crippen LogP contribution in [0.3, 0.4) is 0 Å². The lowest BCUT2D eigenvalue weighted by Crippen LogP contribution is -2.02. The Kier molecular flexibility index (Phi) is 4.33. The van der Waals surface area contributed by atoms with Gasteiger partial charge in [-0.1, -0.05) is 6.92 Å². The lowest BCUT2D eigenvalue weighted by atomic mass is 10.1. The number of rotatable bonds is 5. The van der Waals surface area contributed by atoms with Crippen LogP contribution in [0.4, 0.5) is 11.4 Å². The molecule has 0 aliphatic heterocycles. The highest BCUT2D eigenvalue weighted by Gasteiger charge is 2.11. The fourth-order valence-electron chi connectivity index (χ4n) is 1.91. The summed E-state index contributed by atoms with van der Waals surface area (Å²) >= 11 is 1.66. The van der Waals surface area contributed by atoms with E-state index in [1.54, 1.807) is 17.4 Å². The van der Waals surface area contributed by atoms with E-state index in [0.29, 0.717) is 12.2 Å². The minimum absolute atomic E-state index is 0.0718. The van der Waals surface area contributed by atoms with Crippen LogP contribution in [0.5, 0.6) is 0 Å². The first-order valence-corrected chi connectivity index (χ1v) is 7.01. The van der Waals surface area contributed by atoms with Crippen LogP contribution in [0, 0.1) is 21.4 Å². The summed E-state index contributed by atoms with van der Waals surface area (Å²) in [7, 11) is 0. The predicted octanol–water partition coefficient (Wildman–Crippen LogP) is 3.70. The zero-order valence-corrected chi connectivity index (χ0v) is 11.7. The molecule has 1 aromatic heterocycles. The third-order valence-corrected chi connectivity index (χ3v) is 3.96. The van der Waals surface area contributed by atoms with Crippen molar-refractivity contribution >= 4 is 22.7 Å². The molecule has 0 saturated heterocycles. The molecule has 0 amide bonds. The van der Waals surface area contributed by atoms with E-state index in [2.05, 4.69) is 18.3 Å². The van der Waals surface area contributed by atoms with Crippen LogP contribution < -0.4 is 5.32 Å². The number of benzene rings is 1. The van der Waals surface area contributed by atoms with Crippen molar-refractivity contribution in [2.75, 3.05) is 5.32 Å². The van der Waals surface area contributed by atoms with Gasteiger partial charge in [-0.05, 0) is 29.5 Å². The molecule has 102 valence electrons. The Morgan fingerprint density at radius 2 is 2.25 bits per heavy atom. The first kappa shape index (κ1) is 14.0. The Balaban J connectivity index is 2.18. The first-order valence-electron chi connectivity index (χ1n) is 6.13. The predicted molar refractivity (Wildman–Crippen MR) is 78.8 cm³/mol. The van der Waals surface area contributed by atoms with Gasteiger partial charge in [0.25, 0.3) is 5.69 Å². The van der Waals surface area contributed by atoms with E-state index in [4.69, 9.17) is 5.26 Å². The summed E-state index contributed by atoms with van der Waals surface area (Å²) in [5, 5.41) is 25.0. The van der Waals surface area contributed by atoms with Crippen molar-refractivity contribution in [2.45, 2.75) is 19.9 Å². The lowest BCUT2D eigenvalue weighted by molar-refractivity contribution is -0.384. The summed E-state index contributed by atoms with van der Waals surface area (Å²) in [6, 6.07) is 8.34. The largest absolute Gasteiger partial charge is 0.379 e. The number of hydrogen-bond acceptors (Lipinski definition) is 5. The number of anilines is 1. The number of nitro benzene ring substituents is 1. The highest BCUT2D eigenvalue weighted by atomic mass is 32.1. The van der Waals surface area contributed by atoms with Crippen molar-refractivity contribution in [3.8, 4) is 6.07 Å². The Morgan fingerprint density at radius 3 is 2.90 bits per heavy atom. The number of aryl methyl sites for hydroxylation is 1. The van der Waals surface area contributed by atoms with Crippen molar-refractivity contribution in [2.24, 2.45) is 0 Å². The number of non-ortho nitro benzene ring substituents is 1. The fraction of sp³-hybridized carbons (Fsp3) is 0.214. The van der Waals surface area contributed by atoms with Gasteiger partial charge in [0.1, 0.15) is 6.07 Å². The van der Waals surface area contributed by atoms with E-state index in [-0.39, 0.29) is 11.3 Å². The molecule has 0 aliphatic carbocycles. The molecule has 6 heteroatoms. The quantitative estimate of drug-likeness (QED) is 0.671. The van der Waals surface area contributed by atoms with Gasteiger partial charge in [-0.15, -0.1) is 11.3 Å². The van der Waals surface area contributed by atoms with Gasteiger partial charge < -0.3 is 5.32 Å². The smallest absolute Gasteiger partial charge is 0.270 e. The maximum Gasteiger partial charge on any atom is 0.270 e. The molecule has 0 aliphatic rings. The van der Waals surface area contributed by atoms with E-state index < -0.39 is 4.92 Å². The minimum atomic E-state index is -0.501. The van der Waals surface area contributed by atoms with Crippen molar-refractivity contribution in [1.29, 1.82) is 5.26 Å². The zero-order chi connectivity index (χ0) is 14.5. The van der Waals surface area contributed by atoms with E-state index in [1.807, 2.05) is 11.4 Å². The van der Waals surface area contributed by atoms with E-state index in [0.717, 1.165) is 6.42 Å². The molecule has 2 aromatic rings. The highest BCUT2D eigenvalue weighted by Crippen LogP contribution is 2.24. The molecule has 1 aromatic carbocycles. The second kappa shape index (κ2) is 6.17. The zero-order valence-electron chi connectivity index (χ0n) is 10.9. The molecular weight excluding hydrogens is 274 g/mol. The Morgan fingerprint density at radius 1 is 1.45 bits per heavy atom. The Labute approximate surface area is 120 Å². The summed E-state index contributed by atoms with van der Waals surface area (Å²) in [4.78, 5) is 11.4. The third kappa shape index (κ3) is 2.95. The number of nitrogens with one attached hydrogen (secondary N) is 1. The van der Waals surface area contributed by atoms with Gasteiger partial charge >= 0.3 is 0 Å². The molecule has 0 radical (unpaired) electrons. The maximum atomic E-state index is 10.7. The highest BCUT2D eigenvalue weighted by molar-refractivity contribution is 7.10. The standard InChI is InChI=1S/C14H13N3O2S/c1-2-10-5-6-20-14(10)9-16-13-4-3-12(17(18)19)7-11(13)8-15/h3-7,16H,2,9H2,1H3. The molecule has 1 N–H and O–H groups in total. The molecule has 2 rings (SSSR count). The third-order valence-electron chi connectivity index (χ3n) is 2.99. The molecule has 0 saturated carbocycles. The Hall–Kier alpha value is -2.39. The minimum Gasteiger partial charge on any atom is -0.379 e. The lowest BCUT2D eigenvalue weighted by Gasteiger charge is -2.08. The average molecular weight is 287 g/mol. The molecule has 0 spiro atoms.